The smallest absolute Gasteiger partial charge is 0.306 e. The number of hydrogen-bond donors (Lipinski definition) is 1. The molecule has 2 atom stereocenters. The molecular weight excluding hydrogens is 344 g/mol. The highest BCUT2D eigenvalue weighted by Gasteiger charge is 2.29. The predicted octanol–water partition coefficient (Wildman–Crippen LogP) is 3.03. The van der Waals surface area contributed by atoms with Crippen LogP contribution in [0.1, 0.15) is 46.7 Å². The van der Waals surface area contributed by atoms with Gasteiger partial charge >= 0.3 is 5.97 Å². The largest absolute Gasteiger partial charge is 0.481 e. The average molecular weight is 370 g/mol. The van der Waals surface area contributed by atoms with Gasteiger partial charge in [-0.25, -0.2) is 0 Å². The van der Waals surface area contributed by atoms with Gasteiger partial charge in [0.05, 0.1) is 30.7 Å². The van der Waals surface area contributed by atoms with E-state index < -0.39 is 12.1 Å². The van der Waals surface area contributed by atoms with Crippen molar-refractivity contribution in [1.82, 2.24) is 9.47 Å². The third-order valence-corrected chi connectivity index (χ3v) is 5.21. The molecule has 1 aliphatic rings. The summed E-state index contributed by atoms with van der Waals surface area (Å²) in [5, 5.41) is 8.97. The Morgan fingerprint density at radius 3 is 2.63 bits per heavy atom. The Balaban J connectivity index is 1.83. The maximum absolute atomic E-state index is 13.1. The summed E-state index contributed by atoms with van der Waals surface area (Å²) >= 11 is 0. The van der Waals surface area contributed by atoms with E-state index in [1.165, 1.54) is 5.56 Å². The molecule has 0 saturated carbocycles. The number of ether oxygens (including phenoxy) is 1. The minimum atomic E-state index is -0.913. The second-order valence-electron chi connectivity index (χ2n) is 7.08. The minimum absolute atomic E-state index is 0.0618. The van der Waals surface area contributed by atoms with Crippen molar-refractivity contribution < 1.29 is 19.4 Å². The zero-order valence-electron chi connectivity index (χ0n) is 16.0. The topological polar surface area (TPSA) is 71.8 Å². The van der Waals surface area contributed by atoms with Crippen molar-refractivity contribution in [3.05, 3.63) is 58.9 Å². The van der Waals surface area contributed by atoms with Crippen molar-refractivity contribution in [2.45, 2.75) is 39.3 Å². The van der Waals surface area contributed by atoms with E-state index in [4.69, 9.17) is 9.84 Å². The van der Waals surface area contributed by atoms with E-state index in [0.717, 1.165) is 11.4 Å². The third-order valence-electron chi connectivity index (χ3n) is 5.21. The number of carbonyl (C=O) groups excluding carboxylic acids is 1. The third kappa shape index (κ3) is 4.06. The fourth-order valence-corrected chi connectivity index (χ4v) is 3.86. The first-order chi connectivity index (χ1) is 12.9. The second kappa shape index (κ2) is 7.96. The van der Waals surface area contributed by atoms with Gasteiger partial charge < -0.3 is 19.3 Å². The second-order valence-corrected chi connectivity index (χ2v) is 7.08. The molecule has 1 aromatic heterocycles. The number of carboxylic acids is 1. The highest BCUT2D eigenvalue weighted by molar-refractivity contribution is 5.96. The number of benzene rings is 1. The zero-order chi connectivity index (χ0) is 19.6. The Labute approximate surface area is 159 Å². The Bertz CT molecular complexity index is 828. The molecule has 1 amide bonds. The fraction of sp³-hybridized carbons (Fsp3) is 0.429. The number of amides is 1. The number of aliphatic carboxylic acids is 1. The molecule has 0 radical (unpaired) electrons. The first-order valence-corrected chi connectivity index (χ1v) is 9.24. The summed E-state index contributed by atoms with van der Waals surface area (Å²) in [7, 11) is 0. The minimum Gasteiger partial charge on any atom is -0.481 e. The molecule has 27 heavy (non-hydrogen) atoms. The van der Waals surface area contributed by atoms with Crippen LogP contribution in [0.15, 0.2) is 36.4 Å². The van der Waals surface area contributed by atoms with Gasteiger partial charge in [-0.05, 0) is 32.4 Å². The van der Waals surface area contributed by atoms with Crippen LogP contribution in [-0.4, -0.2) is 52.3 Å². The van der Waals surface area contributed by atoms with E-state index in [1.807, 2.05) is 38.1 Å². The Kier molecular flexibility index (Phi) is 5.65. The van der Waals surface area contributed by atoms with Crippen molar-refractivity contribution in [2.75, 3.05) is 19.7 Å². The lowest BCUT2D eigenvalue weighted by molar-refractivity contribution is -0.141. The summed E-state index contributed by atoms with van der Waals surface area (Å²) in [6, 6.07) is 12.3. The van der Waals surface area contributed by atoms with Crippen LogP contribution in [0.2, 0.25) is 0 Å². The number of nitrogens with zero attached hydrogens (tertiary/aromatic N) is 2. The van der Waals surface area contributed by atoms with E-state index >= 15 is 0 Å². The molecule has 6 nitrogen and oxygen atoms in total. The Morgan fingerprint density at radius 1 is 1.26 bits per heavy atom. The van der Waals surface area contributed by atoms with Gasteiger partial charge in [0.2, 0.25) is 0 Å². The highest BCUT2D eigenvalue weighted by atomic mass is 16.5. The standard InChI is InChI=1S/C21H26N2O4/c1-14-11-19(16(3)23(14)15(2)17-7-5-4-6-8-17)21(26)22-9-10-27-18(13-22)12-20(24)25/h4-8,11,15,18H,9-10,12-13H2,1-3H3,(H,24,25)/t15-,18+/m0/s1. The van der Waals surface area contributed by atoms with Crippen molar-refractivity contribution >= 4 is 11.9 Å². The average Bonchev–Trinajstić information content (AvgIpc) is 2.95. The molecule has 1 saturated heterocycles. The maximum Gasteiger partial charge on any atom is 0.306 e. The molecule has 1 N–H and O–H groups in total. The summed E-state index contributed by atoms with van der Waals surface area (Å²) < 4.78 is 7.66. The number of rotatable bonds is 5. The summed E-state index contributed by atoms with van der Waals surface area (Å²) in [6.07, 6.45) is -0.541. The number of hydrogen-bond acceptors (Lipinski definition) is 3. The van der Waals surface area contributed by atoms with Gasteiger partial charge in [-0.15, -0.1) is 0 Å². The van der Waals surface area contributed by atoms with Gasteiger partial charge in [0.15, 0.2) is 0 Å². The van der Waals surface area contributed by atoms with E-state index in [9.17, 15) is 9.59 Å². The lowest BCUT2D eigenvalue weighted by atomic mass is 10.1. The first kappa shape index (κ1) is 19.2. The summed E-state index contributed by atoms with van der Waals surface area (Å²) in [5.74, 6) is -0.975. The van der Waals surface area contributed by atoms with E-state index in [1.54, 1.807) is 4.90 Å². The summed E-state index contributed by atoms with van der Waals surface area (Å²) in [5.41, 5.74) is 3.81. The van der Waals surface area contributed by atoms with Crippen molar-refractivity contribution in [2.24, 2.45) is 0 Å². The van der Waals surface area contributed by atoms with Crippen LogP contribution in [0.4, 0.5) is 0 Å². The molecule has 0 spiro atoms. The number of morpholine rings is 1. The number of aromatic nitrogens is 1. The molecule has 1 aliphatic heterocycles. The molecular formula is C21H26N2O4. The number of aryl methyl sites for hydroxylation is 1. The molecule has 1 aromatic carbocycles. The van der Waals surface area contributed by atoms with Gasteiger partial charge in [0, 0.05) is 24.5 Å². The van der Waals surface area contributed by atoms with Gasteiger partial charge in [0.25, 0.3) is 5.91 Å². The molecule has 0 unspecified atom stereocenters. The van der Waals surface area contributed by atoms with Crippen LogP contribution >= 0.6 is 0 Å². The first-order valence-electron chi connectivity index (χ1n) is 9.24. The van der Waals surface area contributed by atoms with Gasteiger partial charge in [-0.1, -0.05) is 30.3 Å². The van der Waals surface area contributed by atoms with Crippen LogP contribution in [0, 0.1) is 13.8 Å². The summed E-state index contributed by atoms with van der Waals surface area (Å²) in [6.45, 7) is 7.25. The number of carbonyl (C=O) groups is 2. The summed E-state index contributed by atoms with van der Waals surface area (Å²) in [4.78, 5) is 25.7. The molecule has 6 heteroatoms. The monoisotopic (exact) mass is 370 g/mol. The molecule has 0 aliphatic carbocycles. The van der Waals surface area contributed by atoms with E-state index in [2.05, 4.69) is 23.6 Å². The lowest BCUT2D eigenvalue weighted by Crippen LogP contribution is -2.46. The Morgan fingerprint density at radius 2 is 1.96 bits per heavy atom. The van der Waals surface area contributed by atoms with E-state index in [0.29, 0.717) is 25.3 Å². The predicted molar refractivity (Wildman–Crippen MR) is 102 cm³/mol. The van der Waals surface area contributed by atoms with Crippen LogP contribution in [0.3, 0.4) is 0 Å². The molecule has 2 heterocycles. The van der Waals surface area contributed by atoms with Crippen molar-refractivity contribution in [1.29, 1.82) is 0 Å². The zero-order valence-corrected chi connectivity index (χ0v) is 16.0. The molecule has 2 aromatic rings. The highest BCUT2D eigenvalue weighted by Crippen LogP contribution is 2.26. The van der Waals surface area contributed by atoms with Crippen LogP contribution in [0.25, 0.3) is 0 Å². The van der Waals surface area contributed by atoms with Crippen molar-refractivity contribution in [3.8, 4) is 0 Å². The van der Waals surface area contributed by atoms with Crippen LogP contribution in [0.5, 0.6) is 0 Å². The quantitative estimate of drug-likeness (QED) is 0.878. The lowest BCUT2D eigenvalue weighted by Gasteiger charge is -2.32. The normalized spacial score (nSPS) is 18.3. The Hall–Kier alpha value is -2.60. The van der Waals surface area contributed by atoms with Gasteiger partial charge in [-0.2, -0.15) is 0 Å². The molecule has 0 bridgehead atoms. The molecule has 3 rings (SSSR count). The molecule has 144 valence electrons. The van der Waals surface area contributed by atoms with Crippen LogP contribution in [-0.2, 0) is 9.53 Å². The number of carboxylic acid groups (broad SMARTS) is 1. The van der Waals surface area contributed by atoms with Crippen molar-refractivity contribution in [3.63, 3.8) is 0 Å². The van der Waals surface area contributed by atoms with Gasteiger partial charge in [-0.3, -0.25) is 9.59 Å². The van der Waals surface area contributed by atoms with E-state index in [-0.39, 0.29) is 18.4 Å². The fourth-order valence-electron chi connectivity index (χ4n) is 3.86. The van der Waals surface area contributed by atoms with Crippen LogP contribution < -0.4 is 0 Å². The van der Waals surface area contributed by atoms with Gasteiger partial charge in [0.1, 0.15) is 0 Å². The molecule has 1 fully saturated rings. The SMILES string of the molecule is Cc1cc(C(=O)N2CCO[C@H](CC(=O)O)C2)c(C)n1[C@@H](C)c1ccccc1. The maximum atomic E-state index is 13.1.